The molecule has 3 rings (SSSR count). The van der Waals surface area contributed by atoms with E-state index in [0.29, 0.717) is 24.3 Å². The number of aryl methyl sites for hydroxylation is 1. The molecule has 0 unspecified atom stereocenters. The molecule has 0 bridgehead atoms. The summed E-state index contributed by atoms with van der Waals surface area (Å²) >= 11 is 0. The summed E-state index contributed by atoms with van der Waals surface area (Å²) in [6, 6.07) is 8.42. The van der Waals surface area contributed by atoms with Crippen LogP contribution in [0.15, 0.2) is 30.3 Å². The van der Waals surface area contributed by atoms with E-state index in [9.17, 15) is 15.3 Å². The molecular formula is C19H22O6. The molecule has 134 valence electrons. The van der Waals surface area contributed by atoms with Crippen molar-refractivity contribution in [2.24, 2.45) is 0 Å². The summed E-state index contributed by atoms with van der Waals surface area (Å²) in [7, 11) is 1.46. The van der Waals surface area contributed by atoms with Gasteiger partial charge in [0.1, 0.15) is 6.10 Å². The van der Waals surface area contributed by atoms with Crippen LogP contribution in [0.3, 0.4) is 0 Å². The fourth-order valence-corrected chi connectivity index (χ4v) is 3.27. The van der Waals surface area contributed by atoms with Gasteiger partial charge in [-0.1, -0.05) is 12.1 Å². The molecule has 2 aromatic carbocycles. The van der Waals surface area contributed by atoms with E-state index in [1.54, 1.807) is 18.2 Å². The van der Waals surface area contributed by atoms with Gasteiger partial charge in [0, 0.05) is 12.2 Å². The number of phenolic OH excluding ortho intramolecular Hbond substituents is 2. The largest absolute Gasteiger partial charge is 0.504 e. The van der Waals surface area contributed by atoms with Crippen LogP contribution in [-0.4, -0.2) is 40.7 Å². The predicted molar refractivity (Wildman–Crippen MR) is 91.4 cm³/mol. The third kappa shape index (κ3) is 3.23. The Labute approximate surface area is 145 Å². The average molecular weight is 346 g/mol. The Hall–Kier alpha value is -2.44. The van der Waals surface area contributed by atoms with E-state index in [1.165, 1.54) is 13.2 Å². The lowest BCUT2D eigenvalue weighted by atomic mass is 9.90. The van der Waals surface area contributed by atoms with Crippen LogP contribution in [0, 0.1) is 0 Å². The Morgan fingerprint density at radius 2 is 1.88 bits per heavy atom. The highest BCUT2D eigenvalue weighted by molar-refractivity contribution is 5.55. The highest BCUT2D eigenvalue weighted by Crippen LogP contribution is 2.51. The number of aliphatic hydroxyl groups is 2. The summed E-state index contributed by atoms with van der Waals surface area (Å²) < 4.78 is 11.1. The van der Waals surface area contributed by atoms with Crippen LogP contribution in [-0.2, 0) is 6.42 Å². The standard InChI is InChI=1S/C19H22O6/c1-24-17-9-12(4-5-15(17)22)18-14(10-21)13-7-11(3-2-6-20)8-16(23)19(13)25-18/h4-5,7-9,14,18,20-23H,2-3,6,10H2,1H3/t14-,18+/m1/s1. The van der Waals surface area contributed by atoms with Crippen LogP contribution < -0.4 is 9.47 Å². The number of hydrogen-bond acceptors (Lipinski definition) is 6. The minimum Gasteiger partial charge on any atom is -0.504 e. The van der Waals surface area contributed by atoms with Crippen molar-refractivity contribution in [3.05, 3.63) is 47.0 Å². The molecule has 6 heteroatoms. The third-order valence-electron chi connectivity index (χ3n) is 4.52. The van der Waals surface area contributed by atoms with E-state index < -0.39 is 6.10 Å². The van der Waals surface area contributed by atoms with Crippen LogP contribution in [0.1, 0.15) is 35.1 Å². The minimum absolute atomic E-state index is 0.0245. The molecule has 0 spiro atoms. The SMILES string of the molecule is COc1cc([C@@H]2Oc3c(O)cc(CCCO)cc3[C@H]2CO)ccc1O. The van der Waals surface area contributed by atoms with Gasteiger partial charge in [-0.25, -0.2) is 0 Å². The average Bonchev–Trinajstić information content (AvgIpc) is 2.99. The van der Waals surface area contributed by atoms with E-state index >= 15 is 0 Å². The lowest BCUT2D eigenvalue weighted by Crippen LogP contribution is -2.13. The molecule has 1 heterocycles. The molecule has 2 atom stereocenters. The Morgan fingerprint density at radius 3 is 2.56 bits per heavy atom. The van der Waals surface area contributed by atoms with Gasteiger partial charge in [-0.15, -0.1) is 0 Å². The van der Waals surface area contributed by atoms with Crippen molar-refractivity contribution in [3.8, 4) is 23.0 Å². The molecule has 25 heavy (non-hydrogen) atoms. The van der Waals surface area contributed by atoms with Crippen molar-refractivity contribution >= 4 is 0 Å². The summed E-state index contributed by atoms with van der Waals surface area (Å²) in [6.45, 7) is -0.0720. The zero-order valence-corrected chi connectivity index (χ0v) is 14.0. The van der Waals surface area contributed by atoms with E-state index in [0.717, 1.165) is 16.7 Å². The molecule has 0 saturated heterocycles. The van der Waals surface area contributed by atoms with Gasteiger partial charge in [-0.2, -0.15) is 0 Å². The topological polar surface area (TPSA) is 99.4 Å². The first-order valence-corrected chi connectivity index (χ1v) is 8.20. The number of aromatic hydroxyl groups is 2. The maximum Gasteiger partial charge on any atom is 0.165 e. The van der Waals surface area contributed by atoms with Gasteiger partial charge >= 0.3 is 0 Å². The van der Waals surface area contributed by atoms with Crippen LogP contribution in [0.5, 0.6) is 23.0 Å². The fourth-order valence-electron chi connectivity index (χ4n) is 3.27. The van der Waals surface area contributed by atoms with Crippen molar-refractivity contribution in [2.45, 2.75) is 24.9 Å². The molecule has 0 radical (unpaired) electrons. The summed E-state index contributed by atoms with van der Waals surface area (Å²) in [5.41, 5.74) is 2.37. The van der Waals surface area contributed by atoms with Crippen molar-refractivity contribution < 1.29 is 29.9 Å². The zero-order chi connectivity index (χ0) is 18.0. The second-order valence-electron chi connectivity index (χ2n) is 6.12. The van der Waals surface area contributed by atoms with Gasteiger partial charge in [0.2, 0.25) is 0 Å². The molecule has 0 saturated carbocycles. The van der Waals surface area contributed by atoms with Crippen LogP contribution in [0.25, 0.3) is 0 Å². The Morgan fingerprint density at radius 1 is 1.08 bits per heavy atom. The molecule has 0 fully saturated rings. The number of phenols is 2. The Bertz CT molecular complexity index is 758. The second kappa shape index (κ2) is 7.21. The summed E-state index contributed by atoms with van der Waals surface area (Å²) in [5.74, 6) is 0.392. The quantitative estimate of drug-likeness (QED) is 0.640. The smallest absolute Gasteiger partial charge is 0.165 e. The monoisotopic (exact) mass is 346 g/mol. The van der Waals surface area contributed by atoms with E-state index in [1.807, 2.05) is 6.07 Å². The molecule has 1 aliphatic heterocycles. The zero-order valence-electron chi connectivity index (χ0n) is 14.0. The van der Waals surface area contributed by atoms with Gasteiger partial charge in [0.05, 0.1) is 19.6 Å². The van der Waals surface area contributed by atoms with Gasteiger partial charge < -0.3 is 29.9 Å². The predicted octanol–water partition coefficient (Wildman–Crippen LogP) is 2.24. The molecule has 0 aliphatic carbocycles. The number of aliphatic hydroxyl groups excluding tert-OH is 2. The summed E-state index contributed by atoms with van der Waals surface area (Å²) in [4.78, 5) is 0. The van der Waals surface area contributed by atoms with Crippen molar-refractivity contribution in [1.82, 2.24) is 0 Å². The van der Waals surface area contributed by atoms with E-state index in [-0.39, 0.29) is 30.6 Å². The lowest BCUT2D eigenvalue weighted by Gasteiger charge is -2.18. The molecule has 0 amide bonds. The third-order valence-corrected chi connectivity index (χ3v) is 4.52. The molecule has 1 aliphatic rings. The Kier molecular flexibility index (Phi) is 5.01. The lowest BCUT2D eigenvalue weighted by molar-refractivity contribution is 0.157. The van der Waals surface area contributed by atoms with Crippen molar-refractivity contribution in [3.63, 3.8) is 0 Å². The normalized spacial score (nSPS) is 18.7. The van der Waals surface area contributed by atoms with Crippen LogP contribution >= 0.6 is 0 Å². The van der Waals surface area contributed by atoms with Crippen LogP contribution in [0.2, 0.25) is 0 Å². The number of fused-ring (bicyclic) bond motifs is 1. The van der Waals surface area contributed by atoms with E-state index in [2.05, 4.69) is 0 Å². The van der Waals surface area contributed by atoms with Crippen molar-refractivity contribution in [1.29, 1.82) is 0 Å². The molecule has 2 aromatic rings. The minimum atomic E-state index is -0.492. The number of ether oxygens (including phenoxy) is 2. The Balaban J connectivity index is 1.97. The van der Waals surface area contributed by atoms with Gasteiger partial charge in [-0.05, 0) is 42.2 Å². The van der Waals surface area contributed by atoms with Gasteiger partial charge in [0.25, 0.3) is 0 Å². The number of rotatable bonds is 6. The molecule has 0 aromatic heterocycles. The molecule has 4 N–H and O–H groups in total. The maximum absolute atomic E-state index is 10.3. The second-order valence-corrected chi connectivity index (χ2v) is 6.12. The summed E-state index contributed by atoms with van der Waals surface area (Å²) in [6.07, 6.45) is 0.739. The van der Waals surface area contributed by atoms with Gasteiger partial charge in [-0.3, -0.25) is 0 Å². The highest BCUT2D eigenvalue weighted by Gasteiger charge is 2.37. The first-order valence-electron chi connectivity index (χ1n) is 8.20. The van der Waals surface area contributed by atoms with Crippen LogP contribution in [0.4, 0.5) is 0 Å². The highest BCUT2D eigenvalue weighted by atomic mass is 16.5. The molecular weight excluding hydrogens is 324 g/mol. The van der Waals surface area contributed by atoms with Crippen molar-refractivity contribution in [2.75, 3.05) is 20.3 Å². The molecule has 6 nitrogen and oxygen atoms in total. The van der Waals surface area contributed by atoms with Gasteiger partial charge in [0.15, 0.2) is 23.0 Å². The first-order chi connectivity index (χ1) is 12.1. The number of benzene rings is 2. The fraction of sp³-hybridized carbons (Fsp3) is 0.368. The number of methoxy groups -OCH3 is 1. The van der Waals surface area contributed by atoms with E-state index in [4.69, 9.17) is 14.6 Å². The first kappa shape index (κ1) is 17.4. The number of hydrogen-bond donors (Lipinski definition) is 4. The maximum atomic E-state index is 10.3. The summed E-state index contributed by atoms with van der Waals surface area (Å²) in [5, 5.41) is 39.0.